The minimum absolute atomic E-state index is 0.102. The van der Waals surface area contributed by atoms with E-state index in [1.807, 2.05) is 0 Å². The molecule has 0 spiro atoms. The second-order valence-electron chi connectivity index (χ2n) is 6.86. The second kappa shape index (κ2) is 10.2. The van der Waals surface area contributed by atoms with E-state index in [0.29, 0.717) is 11.7 Å². The molecule has 2 unspecified atom stereocenters. The summed E-state index contributed by atoms with van der Waals surface area (Å²) in [5.41, 5.74) is -0.941. The predicted octanol–water partition coefficient (Wildman–Crippen LogP) is 2.32. The van der Waals surface area contributed by atoms with E-state index >= 15 is 0 Å². The summed E-state index contributed by atoms with van der Waals surface area (Å²) in [5, 5.41) is 0. The zero-order valence-corrected chi connectivity index (χ0v) is 18.2. The Morgan fingerprint density at radius 2 is 1.97 bits per heavy atom. The molecule has 11 heteroatoms. The van der Waals surface area contributed by atoms with E-state index in [9.17, 15) is 18.9 Å². The van der Waals surface area contributed by atoms with Crippen LogP contribution in [0.25, 0.3) is 0 Å². The maximum atomic E-state index is 12.6. The Kier molecular flexibility index (Phi) is 7.61. The van der Waals surface area contributed by atoms with E-state index < -0.39 is 43.2 Å². The van der Waals surface area contributed by atoms with Crippen LogP contribution >= 0.6 is 7.37 Å². The van der Waals surface area contributed by atoms with Crippen molar-refractivity contribution < 1.29 is 28.1 Å². The lowest BCUT2D eigenvalue weighted by Gasteiger charge is -2.21. The van der Waals surface area contributed by atoms with E-state index in [0.717, 1.165) is 10.6 Å². The number of rotatable bonds is 9. The number of nitrogens with one attached hydrogen (secondary N) is 1. The van der Waals surface area contributed by atoms with Gasteiger partial charge < -0.3 is 18.7 Å². The Bertz CT molecular complexity index is 1050. The highest BCUT2D eigenvalue weighted by atomic mass is 31.2. The molecular formula is C20H25N2O8P. The molecule has 1 saturated heterocycles. The van der Waals surface area contributed by atoms with Gasteiger partial charge in [0.05, 0.1) is 12.2 Å². The highest BCUT2D eigenvalue weighted by Gasteiger charge is 2.41. The molecule has 168 valence electrons. The first-order chi connectivity index (χ1) is 14.8. The molecule has 2 aromatic rings. The highest BCUT2D eigenvalue weighted by Crippen LogP contribution is 2.47. The van der Waals surface area contributed by atoms with Crippen LogP contribution in [-0.2, 0) is 23.3 Å². The number of esters is 1. The minimum Gasteiger partial charge on any atom is -0.454 e. The number of carbonyl (C=O) groups excluding carboxylic acids is 1. The molecule has 3 rings (SSSR count). The predicted molar refractivity (Wildman–Crippen MR) is 111 cm³/mol. The average molecular weight is 452 g/mol. The summed E-state index contributed by atoms with van der Waals surface area (Å²) in [7, 11) is -2.98. The van der Waals surface area contributed by atoms with E-state index in [-0.39, 0.29) is 19.4 Å². The van der Waals surface area contributed by atoms with Gasteiger partial charge in [0, 0.05) is 24.8 Å². The first-order valence-corrected chi connectivity index (χ1v) is 11.9. The van der Waals surface area contributed by atoms with E-state index in [2.05, 4.69) is 4.98 Å². The molecule has 0 aliphatic carbocycles. The SMILES string of the molecule is CCOP(=O)(CC)CO[C@@H]1CC(OC(=O)c2ccccc2)[C@H](n2ccc(=O)[nH]c2=O)O1. The summed E-state index contributed by atoms with van der Waals surface area (Å²) in [6.07, 6.45) is -1.32. The van der Waals surface area contributed by atoms with Crippen molar-refractivity contribution in [3.8, 4) is 0 Å². The summed E-state index contributed by atoms with van der Waals surface area (Å²) in [6.45, 7) is 3.77. The Morgan fingerprint density at radius 3 is 2.61 bits per heavy atom. The monoisotopic (exact) mass is 452 g/mol. The molecule has 1 fully saturated rings. The summed E-state index contributed by atoms with van der Waals surface area (Å²) in [5.74, 6) is -0.592. The van der Waals surface area contributed by atoms with Crippen molar-refractivity contribution in [2.24, 2.45) is 0 Å². The maximum absolute atomic E-state index is 12.6. The van der Waals surface area contributed by atoms with E-state index in [1.165, 1.54) is 6.20 Å². The number of hydrogen-bond acceptors (Lipinski definition) is 8. The van der Waals surface area contributed by atoms with Gasteiger partial charge in [0.1, 0.15) is 6.35 Å². The Balaban J connectivity index is 1.79. The van der Waals surface area contributed by atoms with Crippen LogP contribution in [0.4, 0.5) is 0 Å². The van der Waals surface area contributed by atoms with Crippen LogP contribution in [0.3, 0.4) is 0 Å². The lowest BCUT2D eigenvalue weighted by molar-refractivity contribution is -0.147. The zero-order valence-electron chi connectivity index (χ0n) is 17.3. The topological polar surface area (TPSA) is 126 Å². The van der Waals surface area contributed by atoms with Crippen LogP contribution in [0.1, 0.15) is 36.9 Å². The maximum Gasteiger partial charge on any atom is 0.338 e. The number of nitrogens with zero attached hydrogens (tertiary/aromatic N) is 1. The number of ether oxygens (including phenoxy) is 3. The number of hydrogen-bond donors (Lipinski definition) is 1. The summed E-state index contributed by atoms with van der Waals surface area (Å²) in [6, 6.07) is 9.54. The van der Waals surface area contributed by atoms with Gasteiger partial charge in [0.15, 0.2) is 18.6 Å². The third kappa shape index (κ3) is 5.80. The molecule has 1 aliphatic rings. The number of benzene rings is 1. The lowest BCUT2D eigenvalue weighted by atomic mass is 10.2. The molecule has 31 heavy (non-hydrogen) atoms. The largest absolute Gasteiger partial charge is 0.454 e. The third-order valence-corrected chi connectivity index (χ3v) is 6.97. The van der Waals surface area contributed by atoms with Crippen LogP contribution in [0.2, 0.25) is 0 Å². The van der Waals surface area contributed by atoms with Crippen molar-refractivity contribution in [3.63, 3.8) is 0 Å². The number of carbonyl (C=O) groups is 1. The van der Waals surface area contributed by atoms with Gasteiger partial charge in [-0.25, -0.2) is 9.59 Å². The van der Waals surface area contributed by atoms with Crippen molar-refractivity contribution in [2.75, 3.05) is 19.1 Å². The third-order valence-electron chi connectivity index (χ3n) is 4.73. The molecule has 4 atom stereocenters. The van der Waals surface area contributed by atoms with Gasteiger partial charge in [-0.2, -0.15) is 0 Å². The Morgan fingerprint density at radius 1 is 1.23 bits per heavy atom. The number of H-pyrrole nitrogens is 1. The summed E-state index contributed by atoms with van der Waals surface area (Å²) in [4.78, 5) is 38.4. The van der Waals surface area contributed by atoms with Crippen LogP contribution in [-0.4, -0.2) is 47.0 Å². The fraction of sp³-hybridized carbons (Fsp3) is 0.450. The first-order valence-electron chi connectivity index (χ1n) is 9.92. The molecule has 1 aliphatic heterocycles. The molecular weight excluding hydrogens is 427 g/mol. The van der Waals surface area contributed by atoms with Crippen molar-refractivity contribution in [1.82, 2.24) is 9.55 Å². The fourth-order valence-electron chi connectivity index (χ4n) is 3.12. The number of aromatic amines is 1. The van der Waals surface area contributed by atoms with Gasteiger partial charge in [-0.3, -0.25) is 18.9 Å². The van der Waals surface area contributed by atoms with Crippen LogP contribution in [0.15, 0.2) is 52.2 Å². The van der Waals surface area contributed by atoms with Crippen molar-refractivity contribution in [3.05, 3.63) is 69.0 Å². The van der Waals surface area contributed by atoms with Crippen LogP contribution in [0, 0.1) is 0 Å². The van der Waals surface area contributed by atoms with Gasteiger partial charge in [0.2, 0.25) is 7.37 Å². The van der Waals surface area contributed by atoms with Crippen LogP contribution in [0.5, 0.6) is 0 Å². The molecule has 0 bridgehead atoms. The van der Waals surface area contributed by atoms with Crippen molar-refractivity contribution in [2.45, 2.75) is 38.9 Å². The fourth-order valence-corrected chi connectivity index (χ4v) is 4.43. The minimum atomic E-state index is -2.98. The van der Waals surface area contributed by atoms with Crippen LogP contribution < -0.4 is 11.2 Å². The van der Waals surface area contributed by atoms with E-state index in [1.54, 1.807) is 44.2 Å². The van der Waals surface area contributed by atoms with Crippen molar-refractivity contribution >= 4 is 13.3 Å². The molecule has 1 aromatic heterocycles. The summed E-state index contributed by atoms with van der Waals surface area (Å²) < 4.78 is 36.1. The molecule has 10 nitrogen and oxygen atoms in total. The Hall–Kier alpha value is -2.52. The Labute approximate surface area is 178 Å². The van der Waals surface area contributed by atoms with Crippen molar-refractivity contribution in [1.29, 1.82) is 0 Å². The molecule has 1 aromatic carbocycles. The molecule has 0 saturated carbocycles. The molecule has 1 N–H and O–H groups in total. The van der Waals surface area contributed by atoms with Gasteiger partial charge in [0.25, 0.3) is 5.56 Å². The van der Waals surface area contributed by atoms with Gasteiger partial charge in [-0.15, -0.1) is 0 Å². The smallest absolute Gasteiger partial charge is 0.338 e. The highest BCUT2D eigenvalue weighted by molar-refractivity contribution is 7.58. The molecule has 0 amide bonds. The summed E-state index contributed by atoms with van der Waals surface area (Å²) >= 11 is 0. The lowest BCUT2D eigenvalue weighted by Crippen LogP contribution is -2.36. The standard InChI is InChI=1S/C20H25N2O8P/c1-3-28-31(26,4-2)13-27-17-12-15(29-19(24)14-8-6-5-7-9-14)18(30-17)22-11-10-16(23)21-20(22)25/h5-11,15,17-18H,3-4,12-13H2,1-2H3,(H,21,23,25)/t15?,17-,18+,31?/m0/s1. The molecule has 2 heterocycles. The van der Waals surface area contributed by atoms with Gasteiger partial charge >= 0.3 is 11.7 Å². The van der Waals surface area contributed by atoms with Gasteiger partial charge in [-0.1, -0.05) is 25.1 Å². The quantitative estimate of drug-likeness (QED) is 0.454. The molecule has 0 radical (unpaired) electrons. The number of aromatic nitrogens is 2. The van der Waals surface area contributed by atoms with Gasteiger partial charge in [-0.05, 0) is 19.1 Å². The average Bonchev–Trinajstić information content (AvgIpc) is 3.15. The zero-order chi connectivity index (χ0) is 22.4. The second-order valence-corrected chi connectivity index (χ2v) is 9.64. The first kappa shape index (κ1) is 23.1. The van der Waals surface area contributed by atoms with E-state index in [4.69, 9.17) is 18.7 Å². The normalized spacial score (nSPS) is 22.7.